The molecule has 0 aromatic heterocycles. The molecule has 0 amide bonds. The van der Waals surface area contributed by atoms with Crippen LogP contribution in [0.25, 0.3) is 0 Å². The van der Waals surface area contributed by atoms with Gasteiger partial charge in [-0.25, -0.2) is 0 Å². The summed E-state index contributed by atoms with van der Waals surface area (Å²) in [5, 5.41) is 3.77. The summed E-state index contributed by atoms with van der Waals surface area (Å²) < 4.78 is 1.30. The molecule has 3 unspecified atom stereocenters. The normalized spacial score (nSPS) is 24.6. The second kappa shape index (κ2) is 7.61. The highest BCUT2D eigenvalue weighted by Gasteiger charge is 2.32. The number of nitrogens with one attached hydrogen (secondary N) is 1. The van der Waals surface area contributed by atoms with Crippen LogP contribution in [0.1, 0.15) is 63.1 Å². The highest BCUT2D eigenvalue weighted by atomic mass is 79.9. The average Bonchev–Trinajstić information content (AvgIpc) is 2.48. The molecule has 1 aliphatic rings. The molecule has 2 heteroatoms. The molecule has 0 aliphatic heterocycles. The molecule has 1 fully saturated rings. The fourth-order valence-electron chi connectivity index (χ4n) is 3.80. The summed E-state index contributed by atoms with van der Waals surface area (Å²) in [5.74, 6) is 1.66. The number of halogens is 1. The van der Waals surface area contributed by atoms with E-state index in [2.05, 4.69) is 60.2 Å². The number of benzene rings is 1. The summed E-state index contributed by atoms with van der Waals surface area (Å²) >= 11 is 3.82. The third-order valence-corrected chi connectivity index (χ3v) is 5.98. The minimum Gasteiger partial charge on any atom is -0.310 e. The smallest absolute Gasteiger partial charge is 0.0362 e. The van der Waals surface area contributed by atoms with Crippen LogP contribution in [0.4, 0.5) is 0 Å². The molecular formula is C18H28BrN. The fourth-order valence-corrected chi connectivity index (χ4v) is 4.32. The zero-order valence-corrected chi connectivity index (χ0v) is 14.7. The van der Waals surface area contributed by atoms with Gasteiger partial charge in [0.25, 0.3) is 0 Å². The molecule has 112 valence electrons. The lowest BCUT2D eigenvalue weighted by Crippen LogP contribution is -2.34. The molecule has 0 saturated heterocycles. The Labute approximate surface area is 132 Å². The number of hydrogen-bond donors (Lipinski definition) is 1. The molecule has 2 rings (SSSR count). The standard InChI is InChI=1S/C18H28BrN/c1-4-14-10-6-7-11-15(14)18(20-5-2)16-12-8-9-13(3)17(16)19/h8-9,12,14-15,18,20H,4-7,10-11H2,1-3H3. The van der Waals surface area contributed by atoms with Gasteiger partial charge in [-0.15, -0.1) is 0 Å². The SMILES string of the molecule is CCNC(c1cccc(C)c1Br)C1CCCCC1CC. The van der Waals surface area contributed by atoms with Gasteiger partial charge in [0.1, 0.15) is 0 Å². The van der Waals surface area contributed by atoms with E-state index in [4.69, 9.17) is 0 Å². The highest BCUT2D eigenvalue weighted by molar-refractivity contribution is 9.10. The number of rotatable bonds is 5. The van der Waals surface area contributed by atoms with Gasteiger partial charge in [0.2, 0.25) is 0 Å². The molecule has 20 heavy (non-hydrogen) atoms. The van der Waals surface area contributed by atoms with Crippen LogP contribution in [-0.4, -0.2) is 6.54 Å². The molecule has 1 aromatic rings. The van der Waals surface area contributed by atoms with E-state index in [1.54, 1.807) is 0 Å². The van der Waals surface area contributed by atoms with Gasteiger partial charge in [0, 0.05) is 10.5 Å². The Morgan fingerprint density at radius 1 is 1.25 bits per heavy atom. The summed E-state index contributed by atoms with van der Waals surface area (Å²) in [6.45, 7) is 7.81. The first-order valence-electron chi connectivity index (χ1n) is 8.17. The lowest BCUT2D eigenvalue weighted by molar-refractivity contribution is 0.176. The zero-order valence-electron chi connectivity index (χ0n) is 13.1. The Morgan fingerprint density at radius 3 is 2.70 bits per heavy atom. The van der Waals surface area contributed by atoms with Crippen molar-refractivity contribution >= 4 is 15.9 Å². The van der Waals surface area contributed by atoms with Gasteiger partial charge in [0.15, 0.2) is 0 Å². The Hall–Kier alpha value is -0.340. The van der Waals surface area contributed by atoms with Crippen LogP contribution in [0.2, 0.25) is 0 Å². The van der Waals surface area contributed by atoms with Crippen molar-refractivity contribution in [2.75, 3.05) is 6.54 Å². The third kappa shape index (κ3) is 3.46. The first-order chi connectivity index (χ1) is 9.69. The van der Waals surface area contributed by atoms with E-state index in [1.807, 2.05) is 0 Å². The summed E-state index contributed by atoms with van der Waals surface area (Å²) in [5.41, 5.74) is 2.80. The van der Waals surface area contributed by atoms with E-state index in [9.17, 15) is 0 Å². The second-order valence-electron chi connectivity index (χ2n) is 6.13. The fraction of sp³-hybridized carbons (Fsp3) is 0.667. The van der Waals surface area contributed by atoms with Crippen molar-refractivity contribution in [3.8, 4) is 0 Å². The van der Waals surface area contributed by atoms with Crippen molar-refractivity contribution < 1.29 is 0 Å². The first-order valence-corrected chi connectivity index (χ1v) is 8.96. The monoisotopic (exact) mass is 337 g/mol. The summed E-state index contributed by atoms with van der Waals surface area (Å²) in [6, 6.07) is 7.18. The quantitative estimate of drug-likeness (QED) is 0.734. The molecule has 3 atom stereocenters. The first kappa shape index (κ1) is 16.0. The van der Waals surface area contributed by atoms with E-state index in [0.29, 0.717) is 6.04 Å². The van der Waals surface area contributed by atoms with Gasteiger partial charge in [-0.3, -0.25) is 0 Å². The summed E-state index contributed by atoms with van der Waals surface area (Å²) in [7, 11) is 0. The molecular weight excluding hydrogens is 310 g/mol. The predicted molar refractivity (Wildman–Crippen MR) is 91.0 cm³/mol. The van der Waals surface area contributed by atoms with Crippen LogP contribution in [0.15, 0.2) is 22.7 Å². The minimum absolute atomic E-state index is 0.500. The molecule has 0 heterocycles. The van der Waals surface area contributed by atoms with Crippen LogP contribution in [0.3, 0.4) is 0 Å². The lowest BCUT2D eigenvalue weighted by Gasteiger charge is -2.38. The van der Waals surface area contributed by atoms with Crippen LogP contribution in [-0.2, 0) is 0 Å². The van der Waals surface area contributed by atoms with Crippen LogP contribution in [0.5, 0.6) is 0 Å². The third-order valence-electron chi connectivity index (χ3n) is 4.90. The van der Waals surface area contributed by atoms with Gasteiger partial charge in [-0.1, -0.05) is 73.7 Å². The molecule has 0 radical (unpaired) electrons. The van der Waals surface area contributed by atoms with Gasteiger partial charge in [-0.05, 0) is 42.9 Å². The van der Waals surface area contributed by atoms with Gasteiger partial charge >= 0.3 is 0 Å². The minimum atomic E-state index is 0.500. The van der Waals surface area contributed by atoms with Crippen LogP contribution in [0, 0.1) is 18.8 Å². The Morgan fingerprint density at radius 2 is 2.00 bits per heavy atom. The molecule has 1 N–H and O–H groups in total. The van der Waals surface area contributed by atoms with Crippen molar-refractivity contribution in [2.24, 2.45) is 11.8 Å². The van der Waals surface area contributed by atoms with E-state index in [1.165, 1.54) is 47.7 Å². The lowest BCUT2D eigenvalue weighted by atomic mass is 9.72. The van der Waals surface area contributed by atoms with Gasteiger partial charge in [0.05, 0.1) is 0 Å². The van der Waals surface area contributed by atoms with Gasteiger partial charge in [-0.2, -0.15) is 0 Å². The maximum absolute atomic E-state index is 3.82. The van der Waals surface area contributed by atoms with Crippen molar-refractivity contribution in [3.63, 3.8) is 0 Å². The van der Waals surface area contributed by atoms with E-state index < -0.39 is 0 Å². The largest absolute Gasteiger partial charge is 0.310 e. The highest BCUT2D eigenvalue weighted by Crippen LogP contribution is 2.42. The van der Waals surface area contributed by atoms with Crippen molar-refractivity contribution in [2.45, 2.75) is 58.9 Å². The molecule has 0 bridgehead atoms. The zero-order chi connectivity index (χ0) is 14.5. The predicted octanol–water partition coefficient (Wildman–Crippen LogP) is 5.62. The summed E-state index contributed by atoms with van der Waals surface area (Å²) in [6.07, 6.45) is 6.91. The number of aryl methyl sites for hydroxylation is 1. The van der Waals surface area contributed by atoms with E-state index in [-0.39, 0.29) is 0 Å². The van der Waals surface area contributed by atoms with Crippen LogP contribution >= 0.6 is 15.9 Å². The maximum atomic E-state index is 3.82. The van der Waals surface area contributed by atoms with Crippen molar-refractivity contribution in [1.29, 1.82) is 0 Å². The maximum Gasteiger partial charge on any atom is 0.0362 e. The van der Waals surface area contributed by atoms with Crippen molar-refractivity contribution in [3.05, 3.63) is 33.8 Å². The van der Waals surface area contributed by atoms with E-state index in [0.717, 1.165) is 18.4 Å². The molecule has 1 aliphatic carbocycles. The van der Waals surface area contributed by atoms with Crippen LogP contribution < -0.4 is 5.32 Å². The second-order valence-corrected chi connectivity index (χ2v) is 6.92. The summed E-state index contributed by atoms with van der Waals surface area (Å²) in [4.78, 5) is 0. The number of hydrogen-bond acceptors (Lipinski definition) is 1. The van der Waals surface area contributed by atoms with E-state index >= 15 is 0 Å². The van der Waals surface area contributed by atoms with Crippen molar-refractivity contribution in [1.82, 2.24) is 5.32 Å². The average molecular weight is 338 g/mol. The topological polar surface area (TPSA) is 12.0 Å². The molecule has 0 spiro atoms. The molecule has 1 aromatic carbocycles. The Bertz CT molecular complexity index is 429. The molecule has 1 nitrogen and oxygen atoms in total. The Kier molecular flexibility index (Phi) is 6.10. The van der Waals surface area contributed by atoms with Gasteiger partial charge < -0.3 is 5.32 Å². The molecule has 1 saturated carbocycles. The Balaban J connectivity index is 2.32.